The van der Waals surface area contributed by atoms with Gasteiger partial charge in [-0.25, -0.2) is 0 Å². The monoisotopic (exact) mass is 252 g/mol. The SMILES string of the molecule is COc1ccc2cc([C@H](N)CN)ccc2c1.Cl. The van der Waals surface area contributed by atoms with Crippen molar-refractivity contribution >= 4 is 23.2 Å². The summed E-state index contributed by atoms with van der Waals surface area (Å²) in [5, 5.41) is 2.30. The number of benzene rings is 2. The molecule has 0 spiro atoms. The number of rotatable bonds is 3. The molecule has 2 aromatic rings. The maximum Gasteiger partial charge on any atom is 0.119 e. The highest BCUT2D eigenvalue weighted by Crippen LogP contribution is 2.23. The van der Waals surface area contributed by atoms with Crippen molar-refractivity contribution in [3.63, 3.8) is 0 Å². The summed E-state index contributed by atoms with van der Waals surface area (Å²) in [4.78, 5) is 0. The molecule has 0 saturated carbocycles. The summed E-state index contributed by atoms with van der Waals surface area (Å²) in [6, 6.07) is 12.0. The third-order valence-corrected chi connectivity index (χ3v) is 2.75. The number of ether oxygens (including phenoxy) is 1. The maximum absolute atomic E-state index is 5.89. The lowest BCUT2D eigenvalue weighted by Gasteiger charge is -2.10. The first kappa shape index (κ1) is 13.8. The Morgan fingerprint density at radius 2 is 1.76 bits per heavy atom. The molecule has 0 unspecified atom stereocenters. The van der Waals surface area contributed by atoms with Crippen molar-refractivity contribution in [2.45, 2.75) is 6.04 Å². The average Bonchev–Trinajstić information content (AvgIpc) is 2.36. The third-order valence-electron chi connectivity index (χ3n) is 2.75. The van der Waals surface area contributed by atoms with E-state index in [4.69, 9.17) is 16.2 Å². The molecule has 17 heavy (non-hydrogen) atoms. The van der Waals surface area contributed by atoms with Crippen LogP contribution in [0.3, 0.4) is 0 Å². The Kier molecular flexibility index (Phi) is 4.75. The van der Waals surface area contributed by atoms with Gasteiger partial charge in [-0.3, -0.25) is 0 Å². The van der Waals surface area contributed by atoms with Crippen LogP contribution in [0.2, 0.25) is 0 Å². The van der Waals surface area contributed by atoms with Gasteiger partial charge >= 0.3 is 0 Å². The summed E-state index contributed by atoms with van der Waals surface area (Å²) in [6.07, 6.45) is 0. The summed E-state index contributed by atoms with van der Waals surface area (Å²) in [5.41, 5.74) is 12.5. The molecule has 2 rings (SSSR count). The van der Waals surface area contributed by atoms with E-state index in [-0.39, 0.29) is 18.4 Å². The Morgan fingerprint density at radius 1 is 1.12 bits per heavy atom. The van der Waals surface area contributed by atoms with E-state index >= 15 is 0 Å². The van der Waals surface area contributed by atoms with Crippen LogP contribution in [0.5, 0.6) is 5.75 Å². The summed E-state index contributed by atoms with van der Waals surface area (Å²) >= 11 is 0. The topological polar surface area (TPSA) is 61.3 Å². The van der Waals surface area contributed by atoms with Gasteiger partial charge in [0.1, 0.15) is 5.75 Å². The van der Waals surface area contributed by atoms with Crippen LogP contribution in [0.15, 0.2) is 36.4 Å². The van der Waals surface area contributed by atoms with Crippen LogP contribution in [-0.4, -0.2) is 13.7 Å². The number of hydrogen-bond acceptors (Lipinski definition) is 3. The lowest BCUT2D eigenvalue weighted by atomic mass is 10.0. The Morgan fingerprint density at radius 3 is 2.41 bits per heavy atom. The number of fused-ring (bicyclic) bond motifs is 1. The zero-order valence-corrected chi connectivity index (χ0v) is 10.5. The molecule has 0 bridgehead atoms. The first-order valence-corrected chi connectivity index (χ1v) is 5.28. The van der Waals surface area contributed by atoms with Gasteiger partial charge in [0.15, 0.2) is 0 Å². The Labute approximate surface area is 107 Å². The maximum atomic E-state index is 5.89. The van der Waals surface area contributed by atoms with Crippen LogP contribution < -0.4 is 16.2 Å². The summed E-state index contributed by atoms with van der Waals surface area (Å²) < 4.78 is 5.18. The molecule has 4 heteroatoms. The Hall–Kier alpha value is -1.29. The third kappa shape index (κ3) is 2.88. The molecule has 0 aliphatic rings. The van der Waals surface area contributed by atoms with Gasteiger partial charge in [-0.1, -0.05) is 18.2 Å². The van der Waals surface area contributed by atoms with E-state index in [1.165, 1.54) is 0 Å². The van der Waals surface area contributed by atoms with E-state index in [0.29, 0.717) is 6.54 Å². The first-order chi connectivity index (χ1) is 7.74. The van der Waals surface area contributed by atoms with Crippen LogP contribution >= 0.6 is 12.4 Å². The van der Waals surface area contributed by atoms with Crippen LogP contribution in [0, 0.1) is 0 Å². The Bertz CT molecular complexity index is 502. The molecule has 0 aromatic heterocycles. The molecular formula is C13H17ClN2O. The molecule has 3 nitrogen and oxygen atoms in total. The van der Waals surface area contributed by atoms with Gasteiger partial charge in [0.2, 0.25) is 0 Å². The number of halogens is 1. The predicted molar refractivity (Wildman–Crippen MR) is 73.7 cm³/mol. The Balaban J connectivity index is 0.00000144. The van der Waals surface area contributed by atoms with Crippen molar-refractivity contribution in [2.75, 3.05) is 13.7 Å². The lowest BCUT2D eigenvalue weighted by Crippen LogP contribution is -2.20. The van der Waals surface area contributed by atoms with Crippen molar-refractivity contribution in [1.82, 2.24) is 0 Å². The van der Waals surface area contributed by atoms with Gasteiger partial charge in [-0.15, -0.1) is 12.4 Å². The molecular weight excluding hydrogens is 236 g/mol. The molecule has 4 N–H and O–H groups in total. The van der Waals surface area contributed by atoms with E-state index < -0.39 is 0 Å². The molecule has 0 aliphatic carbocycles. The minimum Gasteiger partial charge on any atom is -0.497 e. The second kappa shape index (κ2) is 5.87. The van der Waals surface area contributed by atoms with Gasteiger partial charge in [0, 0.05) is 12.6 Å². The fourth-order valence-electron chi connectivity index (χ4n) is 1.74. The van der Waals surface area contributed by atoms with Gasteiger partial charge in [-0.2, -0.15) is 0 Å². The minimum absolute atomic E-state index is 0. The van der Waals surface area contributed by atoms with Gasteiger partial charge in [-0.05, 0) is 34.5 Å². The van der Waals surface area contributed by atoms with Crippen LogP contribution in [-0.2, 0) is 0 Å². The number of hydrogen-bond donors (Lipinski definition) is 2. The fraction of sp³-hybridized carbons (Fsp3) is 0.231. The summed E-state index contributed by atoms with van der Waals surface area (Å²) in [7, 11) is 1.67. The first-order valence-electron chi connectivity index (χ1n) is 5.28. The van der Waals surface area contributed by atoms with Gasteiger partial charge in [0.25, 0.3) is 0 Å². The van der Waals surface area contributed by atoms with Crippen molar-refractivity contribution in [1.29, 1.82) is 0 Å². The number of nitrogens with two attached hydrogens (primary N) is 2. The van der Waals surface area contributed by atoms with E-state index in [1.807, 2.05) is 30.3 Å². The predicted octanol–water partition coefficient (Wildman–Crippen LogP) is 2.23. The molecule has 0 fully saturated rings. The molecule has 0 amide bonds. The van der Waals surface area contributed by atoms with Crippen LogP contribution in [0.25, 0.3) is 10.8 Å². The van der Waals surface area contributed by atoms with Gasteiger partial charge < -0.3 is 16.2 Å². The second-order valence-electron chi connectivity index (χ2n) is 3.81. The van der Waals surface area contributed by atoms with Crippen molar-refractivity contribution < 1.29 is 4.74 Å². The zero-order chi connectivity index (χ0) is 11.5. The fourth-order valence-corrected chi connectivity index (χ4v) is 1.74. The standard InChI is InChI=1S/C13H16N2O.ClH/c1-16-12-5-4-9-6-11(13(15)8-14)3-2-10(9)7-12;/h2-7,13H,8,14-15H2,1H3;1H/t13-;/m1./s1. The summed E-state index contributed by atoms with van der Waals surface area (Å²) in [5.74, 6) is 0.864. The van der Waals surface area contributed by atoms with E-state index in [1.54, 1.807) is 7.11 Å². The smallest absolute Gasteiger partial charge is 0.119 e. The second-order valence-corrected chi connectivity index (χ2v) is 3.81. The van der Waals surface area contributed by atoms with E-state index in [9.17, 15) is 0 Å². The highest BCUT2D eigenvalue weighted by molar-refractivity contribution is 5.85. The van der Waals surface area contributed by atoms with Crippen LogP contribution in [0.1, 0.15) is 11.6 Å². The molecule has 1 atom stereocenters. The van der Waals surface area contributed by atoms with E-state index in [2.05, 4.69) is 6.07 Å². The zero-order valence-electron chi connectivity index (χ0n) is 9.72. The average molecular weight is 253 g/mol. The van der Waals surface area contributed by atoms with Crippen molar-refractivity contribution in [3.05, 3.63) is 42.0 Å². The molecule has 2 aromatic carbocycles. The molecule has 92 valence electrons. The van der Waals surface area contributed by atoms with E-state index in [0.717, 1.165) is 22.1 Å². The molecule has 0 aliphatic heterocycles. The van der Waals surface area contributed by atoms with Crippen LogP contribution in [0.4, 0.5) is 0 Å². The van der Waals surface area contributed by atoms with Crippen molar-refractivity contribution in [2.24, 2.45) is 11.5 Å². The summed E-state index contributed by atoms with van der Waals surface area (Å²) in [6.45, 7) is 0.460. The normalized spacial score (nSPS) is 11.9. The lowest BCUT2D eigenvalue weighted by molar-refractivity contribution is 0.415. The molecule has 0 radical (unpaired) electrons. The quantitative estimate of drug-likeness (QED) is 0.881. The van der Waals surface area contributed by atoms with Gasteiger partial charge in [0.05, 0.1) is 7.11 Å². The highest BCUT2D eigenvalue weighted by atomic mass is 35.5. The minimum atomic E-state index is -0.0912. The molecule has 0 heterocycles. The highest BCUT2D eigenvalue weighted by Gasteiger charge is 2.04. The molecule has 0 saturated heterocycles. The largest absolute Gasteiger partial charge is 0.497 e. The van der Waals surface area contributed by atoms with Crippen molar-refractivity contribution in [3.8, 4) is 5.75 Å². The number of methoxy groups -OCH3 is 1.